The Morgan fingerprint density at radius 1 is 1.25 bits per heavy atom. The van der Waals surface area contributed by atoms with E-state index in [2.05, 4.69) is 6.92 Å². The molecule has 0 N–H and O–H groups in total. The number of rotatable bonds is 6. The van der Waals surface area contributed by atoms with Gasteiger partial charge in [-0.25, -0.2) is 4.79 Å². The summed E-state index contributed by atoms with van der Waals surface area (Å²) >= 11 is 1.73. The zero-order valence-electron chi connectivity index (χ0n) is 9.35. The highest BCUT2D eigenvalue weighted by molar-refractivity contribution is 7.99. The fourth-order valence-electron chi connectivity index (χ4n) is 1.09. The van der Waals surface area contributed by atoms with Crippen LogP contribution in [0.4, 0.5) is 4.79 Å². The van der Waals surface area contributed by atoms with Crippen molar-refractivity contribution in [2.45, 2.75) is 13.5 Å². The largest absolute Gasteiger partial charge is 0.508 e. The second-order valence-corrected chi connectivity index (χ2v) is 4.46. The molecule has 0 amide bonds. The summed E-state index contributed by atoms with van der Waals surface area (Å²) in [6.45, 7) is 2.74. The van der Waals surface area contributed by atoms with Crippen LogP contribution in [0.1, 0.15) is 12.5 Å². The monoisotopic (exact) mass is 240 g/mol. The molecule has 0 spiro atoms. The zero-order chi connectivity index (χ0) is 11.6. The lowest BCUT2D eigenvalue weighted by atomic mass is 10.2. The van der Waals surface area contributed by atoms with Crippen LogP contribution >= 0.6 is 11.8 Å². The maximum atomic E-state index is 11.1. The topological polar surface area (TPSA) is 35.5 Å². The van der Waals surface area contributed by atoms with Crippen LogP contribution in [-0.4, -0.2) is 24.3 Å². The summed E-state index contributed by atoms with van der Waals surface area (Å²) in [6.07, 6.45) is -0.597. The minimum absolute atomic E-state index is 0.264. The van der Waals surface area contributed by atoms with Gasteiger partial charge in [-0.05, 0) is 11.3 Å². The lowest BCUT2D eigenvalue weighted by Gasteiger charge is -2.05. The van der Waals surface area contributed by atoms with E-state index >= 15 is 0 Å². The highest BCUT2D eigenvalue weighted by Crippen LogP contribution is 2.02. The fraction of sp³-hybridized carbons (Fsp3) is 0.417. The van der Waals surface area contributed by atoms with Gasteiger partial charge in [-0.3, -0.25) is 0 Å². The summed E-state index contributed by atoms with van der Waals surface area (Å²) in [5.41, 5.74) is 0.961. The molecule has 16 heavy (non-hydrogen) atoms. The summed E-state index contributed by atoms with van der Waals surface area (Å²) in [4.78, 5) is 11.1. The molecule has 3 nitrogen and oxygen atoms in total. The second-order valence-electron chi connectivity index (χ2n) is 3.07. The van der Waals surface area contributed by atoms with E-state index in [1.165, 1.54) is 0 Å². The first-order chi connectivity index (χ1) is 7.83. The van der Waals surface area contributed by atoms with E-state index in [0.717, 1.165) is 17.1 Å². The Hall–Kier alpha value is -1.16. The molecular formula is C12H16O3S. The Morgan fingerprint density at radius 3 is 2.69 bits per heavy atom. The van der Waals surface area contributed by atoms with Crippen LogP contribution in [0, 0.1) is 0 Å². The average molecular weight is 240 g/mol. The SMILES string of the molecule is CCSCCOC(=O)OCc1ccccc1. The van der Waals surface area contributed by atoms with E-state index < -0.39 is 6.16 Å². The van der Waals surface area contributed by atoms with Crippen molar-refractivity contribution < 1.29 is 14.3 Å². The van der Waals surface area contributed by atoms with Crippen LogP contribution in [0.25, 0.3) is 0 Å². The first kappa shape index (κ1) is 12.9. The van der Waals surface area contributed by atoms with Crippen molar-refractivity contribution in [3.8, 4) is 0 Å². The molecular weight excluding hydrogens is 224 g/mol. The second kappa shape index (κ2) is 8.05. The Morgan fingerprint density at radius 2 is 2.00 bits per heavy atom. The first-order valence-corrected chi connectivity index (χ1v) is 6.39. The van der Waals surface area contributed by atoms with E-state index in [4.69, 9.17) is 9.47 Å². The molecule has 0 aromatic heterocycles. The Bertz CT molecular complexity index is 300. The predicted molar refractivity (Wildman–Crippen MR) is 65.6 cm³/mol. The van der Waals surface area contributed by atoms with Crippen LogP contribution in [0.2, 0.25) is 0 Å². The molecule has 0 atom stereocenters. The number of carbonyl (C=O) groups is 1. The number of benzene rings is 1. The van der Waals surface area contributed by atoms with Gasteiger partial charge in [0.15, 0.2) is 0 Å². The number of hydrogen-bond donors (Lipinski definition) is 0. The van der Waals surface area contributed by atoms with Gasteiger partial charge >= 0.3 is 6.16 Å². The van der Waals surface area contributed by atoms with Crippen molar-refractivity contribution >= 4 is 17.9 Å². The number of thioether (sulfide) groups is 1. The van der Waals surface area contributed by atoms with E-state index in [-0.39, 0.29) is 6.61 Å². The van der Waals surface area contributed by atoms with Gasteiger partial charge in [0.05, 0.1) is 0 Å². The Kier molecular flexibility index (Phi) is 6.49. The van der Waals surface area contributed by atoms with Gasteiger partial charge in [-0.2, -0.15) is 11.8 Å². The molecule has 88 valence electrons. The molecule has 0 aliphatic rings. The zero-order valence-corrected chi connectivity index (χ0v) is 10.2. The summed E-state index contributed by atoms with van der Waals surface area (Å²) in [5.74, 6) is 1.85. The molecule has 0 radical (unpaired) electrons. The molecule has 0 aliphatic heterocycles. The average Bonchev–Trinajstić information content (AvgIpc) is 2.33. The highest BCUT2D eigenvalue weighted by atomic mass is 32.2. The van der Waals surface area contributed by atoms with Crippen LogP contribution < -0.4 is 0 Å². The molecule has 1 aromatic carbocycles. The molecule has 0 unspecified atom stereocenters. The van der Waals surface area contributed by atoms with Crippen LogP contribution in [0.5, 0.6) is 0 Å². The van der Waals surface area contributed by atoms with E-state index in [9.17, 15) is 4.79 Å². The van der Waals surface area contributed by atoms with Crippen molar-refractivity contribution in [2.24, 2.45) is 0 Å². The third-order valence-electron chi connectivity index (χ3n) is 1.85. The molecule has 1 rings (SSSR count). The van der Waals surface area contributed by atoms with E-state index in [0.29, 0.717) is 6.61 Å². The Labute approximate surface area is 100 Å². The number of carbonyl (C=O) groups excluding carboxylic acids is 1. The van der Waals surface area contributed by atoms with Gasteiger partial charge in [-0.15, -0.1) is 0 Å². The van der Waals surface area contributed by atoms with Crippen LogP contribution in [0.3, 0.4) is 0 Å². The van der Waals surface area contributed by atoms with Gasteiger partial charge < -0.3 is 9.47 Å². The predicted octanol–water partition coefficient (Wildman–Crippen LogP) is 3.09. The summed E-state index contributed by atoms with van der Waals surface area (Å²) in [6, 6.07) is 9.54. The maximum absolute atomic E-state index is 11.1. The van der Waals surface area contributed by atoms with Crippen LogP contribution in [-0.2, 0) is 16.1 Å². The molecule has 0 heterocycles. The van der Waals surface area contributed by atoms with Gasteiger partial charge in [0.2, 0.25) is 0 Å². The summed E-state index contributed by atoms with van der Waals surface area (Å²) in [5, 5.41) is 0. The van der Waals surface area contributed by atoms with Gasteiger partial charge in [0, 0.05) is 5.75 Å². The summed E-state index contributed by atoms with van der Waals surface area (Å²) < 4.78 is 9.82. The molecule has 1 aromatic rings. The molecule has 0 bridgehead atoms. The lowest BCUT2D eigenvalue weighted by Crippen LogP contribution is -2.09. The van der Waals surface area contributed by atoms with E-state index in [1.807, 2.05) is 30.3 Å². The molecule has 0 aliphatic carbocycles. The third-order valence-corrected chi connectivity index (χ3v) is 2.71. The van der Waals surface area contributed by atoms with Crippen molar-refractivity contribution in [3.63, 3.8) is 0 Å². The highest BCUT2D eigenvalue weighted by Gasteiger charge is 2.03. The fourth-order valence-corrected chi connectivity index (χ4v) is 1.58. The smallest absolute Gasteiger partial charge is 0.433 e. The van der Waals surface area contributed by atoms with Gasteiger partial charge in [0.25, 0.3) is 0 Å². The first-order valence-electron chi connectivity index (χ1n) is 5.24. The molecule has 0 saturated carbocycles. The Balaban J connectivity index is 2.11. The molecule has 0 saturated heterocycles. The van der Waals surface area contributed by atoms with Crippen LogP contribution in [0.15, 0.2) is 30.3 Å². The van der Waals surface area contributed by atoms with E-state index in [1.54, 1.807) is 11.8 Å². The standard InChI is InChI=1S/C12H16O3S/c1-2-16-9-8-14-12(13)15-10-11-6-4-3-5-7-11/h3-7H,2,8-10H2,1H3. The minimum Gasteiger partial charge on any atom is -0.433 e. The number of hydrogen-bond acceptors (Lipinski definition) is 4. The quantitative estimate of drug-likeness (QED) is 0.565. The van der Waals surface area contributed by atoms with Gasteiger partial charge in [0.1, 0.15) is 13.2 Å². The molecule has 4 heteroatoms. The molecule has 0 fully saturated rings. The minimum atomic E-state index is -0.597. The van der Waals surface area contributed by atoms with Crippen molar-refractivity contribution in [2.75, 3.05) is 18.1 Å². The third kappa shape index (κ3) is 5.66. The van der Waals surface area contributed by atoms with Crippen molar-refractivity contribution in [1.82, 2.24) is 0 Å². The maximum Gasteiger partial charge on any atom is 0.508 e. The van der Waals surface area contributed by atoms with Crippen molar-refractivity contribution in [1.29, 1.82) is 0 Å². The number of ether oxygens (including phenoxy) is 2. The van der Waals surface area contributed by atoms with Gasteiger partial charge in [-0.1, -0.05) is 37.3 Å². The summed E-state index contributed by atoms with van der Waals surface area (Å²) in [7, 11) is 0. The van der Waals surface area contributed by atoms with Crippen molar-refractivity contribution in [3.05, 3.63) is 35.9 Å². The normalized spacial score (nSPS) is 9.81. The lowest BCUT2D eigenvalue weighted by molar-refractivity contribution is 0.0543.